The van der Waals surface area contributed by atoms with Gasteiger partial charge in [0, 0.05) is 12.6 Å². The summed E-state index contributed by atoms with van der Waals surface area (Å²) in [5.41, 5.74) is 8.50. The highest BCUT2D eigenvalue weighted by atomic mass is 28.4. The predicted molar refractivity (Wildman–Crippen MR) is 124 cm³/mol. The quantitative estimate of drug-likeness (QED) is 0.698. The summed E-state index contributed by atoms with van der Waals surface area (Å²) in [5.74, 6) is 0.701. The van der Waals surface area contributed by atoms with Crippen LogP contribution in [0.3, 0.4) is 0 Å². The highest BCUT2D eigenvalue weighted by molar-refractivity contribution is 6.99. The monoisotopic (exact) mass is 405 g/mol. The van der Waals surface area contributed by atoms with E-state index in [1.54, 1.807) is 10.4 Å². The number of rotatable bonds is 2. The first-order chi connectivity index (χ1) is 13.8. The Morgan fingerprint density at radius 1 is 0.828 bits per heavy atom. The Morgan fingerprint density at radius 3 is 1.86 bits per heavy atom. The summed E-state index contributed by atoms with van der Waals surface area (Å²) in [6.07, 6.45) is 3.10. The lowest BCUT2D eigenvalue weighted by atomic mass is 10.0. The van der Waals surface area contributed by atoms with Gasteiger partial charge in [-0.3, -0.25) is 4.90 Å². The molecule has 3 heterocycles. The van der Waals surface area contributed by atoms with E-state index >= 15 is 0 Å². The first-order valence-corrected chi connectivity index (χ1v) is 13.5. The number of hydrogen-bond acceptors (Lipinski definition) is 2. The van der Waals surface area contributed by atoms with Gasteiger partial charge in [-0.1, -0.05) is 35.4 Å². The molecule has 3 saturated heterocycles. The number of fused-ring (bicyclic) bond motifs is 3. The first kappa shape index (κ1) is 19.5. The van der Waals surface area contributed by atoms with Gasteiger partial charge in [-0.05, 0) is 106 Å². The second-order valence-corrected chi connectivity index (χ2v) is 13.4. The summed E-state index contributed by atoms with van der Waals surface area (Å²) in [5, 5.41) is 3.13. The van der Waals surface area contributed by atoms with Gasteiger partial charge in [-0.2, -0.15) is 0 Å². The molecule has 5 rings (SSSR count). The number of benzene rings is 2. The van der Waals surface area contributed by atoms with E-state index in [1.165, 1.54) is 65.4 Å². The van der Waals surface area contributed by atoms with Crippen LogP contribution in [0.25, 0.3) is 0 Å². The van der Waals surface area contributed by atoms with E-state index in [0.29, 0.717) is 18.1 Å². The molecule has 0 N–H and O–H groups in total. The van der Waals surface area contributed by atoms with E-state index in [-0.39, 0.29) is 0 Å². The van der Waals surface area contributed by atoms with Crippen molar-refractivity contribution < 1.29 is 4.43 Å². The van der Waals surface area contributed by atoms with Gasteiger partial charge in [0.25, 0.3) is 8.32 Å². The third-order valence-electron chi connectivity index (χ3n) is 7.78. The van der Waals surface area contributed by atoms with Crippen molar-refractivity contribution >= 4 is 18.7 Å². The summed E-state index contributed by atoms with van der Waals surface area (Å²) >= 11 is 0. The SMILES string of the molecule is Cc1cc(C)c([Si]2(c3c(C)cc(C)cc3C)C[C@@H]3CN4CCC[C@H]4[C@@H]3O2)c(C)c1. The van der Waals surface area contributed by atoms with Crippen molar-refractivity contribution in [2.24, 2.45) is 5.92 Å². The van der Waals surface area contributed by atoms with Crippen LogP contribution in [0, 0.1) is 47.5 Å². The Balaban J connectivity index is 1.73. The van der Waals surface area contributed by atoms with Crippen LogP contribution in [0.15, 0.2) is 24.3 Å². The molecule has 29 heavy (non-hydrogen) atoms. The van der Waals surface area contributed by atoms with Crippen LogP contribution in [0.5, 0.6) is 0 Å². The fraction of sp³-hybridized carbons (Fsp3) is 0.538. The minimum absolute atomic E-state index is 0.435. The largest absolute Gasteiger partial charge is 0.403 e. The normalized spacial score (nSPS) is 28.0. The van der Waals surface area contributed by atoms with Crippen LogP contribution in [0.1, 0.15) is 46.2 Å². The van der Waals surface area contributed by atoms with Gasteiger partial charge in [0.05, 0.1) is 6.10 Å². The molecule has 2 aromatic rings. The lowest BCUT2D eigenvalue weighted by Gasteiger charge is -2.35. The molecule has 3 fully saturated rings. The molecule has 0 saturated carbocycles. The second-order valence-electron chi connectivity index (χ2n) is 10.1. The highest BCUT2D eigenvalue weighted by Crippen LogP contribution is 2.45. The molecule has 0 bridgehead atoms. The van der Waals surface area contributed by atoms with Crippen molar-refractivity contribution in [3.05, 3.63) is 57.6 Å². The molecule has 0 radical (unpaired) electrons. The standard InChI is InChI=1S/C26H35NOSi/c1-16-10-18(3)25(19(4)11-16)29(26-20(5)12-17(2)13-21(26)6)15-22-14-27-9-7-8-23(27)24(22)28-29/h10-13,22-24H,7-9,14-15H2,1-6H3/t22-,23-,24+/m0/s1. The zero-order valence-electron chi connectivity index (χ0n) is 18.9. The minimum Gasteiger partial charge on any atom is -0.403 e. The summed E-state index contributed by atoms with van der Waals surface area (Å²) in [4.78, 5) is 2.72. The Bertz CT molecular complexity index is 877. The molecule has 2 aromatic carbocycles. The van der Waals surface area contributed by atoms with Gasteiger partial charge in [0.1, 0.15) is 0 Å². The fourth-order valence-corrected chi connectivity index (χ4v) is 13.0. The van der Waals surface area contributed by atoms with Crippen molar-refractivity contribution in [2.75, 3.05) is 13.1 Å². The molecular weight excluding hydrogens is 370 g/mol. The maximum atomic E-state index is 7.46. The van der Waals surface area contributed by atoms with E-state index in [4.69, 9.17) is 4.43 Å². The van der Waals surface area contributed by atoms with E-state index < -0.39 is 8.32 Å². The molecule has 0 aliphatic carbocycles. The molecule has 154 valence electrons. The average Bonchev–Trinajstić information content (AvgIpc) is 3.24. The molecule has 3 aliphatic rings. The van der Waals surface area contributed by atoms with Crippen molar-refractivity contribution in [3.8, 4) is 0 Å². The van der Waals surface area contributed by atoms with E-state index in [0.717, 1.165) is 0 Å². The fourth-order valence-electron chi connectivity index (χ4n) is 7.26. The highest BCUT2D eigenvalue weighted by Gasteiger charge is 2.59. The van der Waals surface area contributed by atoms with Crippen LogP contribution in [-0.4, -0.2) is 38.5 Å². The lowest BCUT2D eigenvalue weighted by Crippen LogP contribution is -2.63. The average molecular weight is 406 g/mol. The van der Waals surface area contributed by atoms with Gasteiger partial charge in [0.15, 0.2) is 0 Å². The van der Waals surface area contributed by atoms with Crippen molar-refractivity contribution in [2.45, 2.75) is 72.6 Å². The van der Waals surface area contributed by atoms with Crippen molar-refractivity contribution in [1.82, 2.24) is 4.90 Å². The molecule has 0 spiro atoms. The molecule has 3 heteroatoms. The molecule has 3 aliphatic heterocycles. The molecule has 3 atom stereocenters. The molecule has 0 amide bonds. The third kappa shape index (κ3) is 2.89. The van der Waals surface area contributed by atoms with E-state index in [1.807, 2.05) is 0 Å². The smallest absolute Gasteiger partial charge is 0.257 e. The summed E-state index contributed by atoms with van der Waals surface area (Å²) in [7, 11) is -2.29. The van der Waals surface area contributed by atoms with Gasteiger partial charge >= 0.3 is 0 Å². The van der Waals surface area contributed by atoms with E-state index in [9.17, 15) is 0 Å². The zero-order valence-corrected chi connectivity index (χ0v) is 19.9. The Kier molecular flexibility index (Phi) is 4.58. The van der Waals surface area contributed by atoms with Gasteiger partial charge < -0.3 is 4.43 Å². The molecule has 0 unspecified atom stereocenters. The summed E-state index contributed by atoms with van der Waals surface area (Å²) < 4.78 is 7.46. The van der Waals surface area contributed by atoms with Crippen LogP contribution in [-0.2, 0) is 4.43 Å². The zero-order chi connectivity index (χ0) is 20.5. The van der Waals surface area contributed by atoms with Gasteiger partial charge in [-0.25, -0.2) is 0 Å². The maximum absolute atomic E-state index is 7.46. The summed E-state index contributed by atoms with van der Waals surface area (Å²) in [6, 6.07) is 11.4. The Labute approximate surface area is 177 Å². The molecular formula is C26H35NOSi. The predicted octanol–water partition coefficient (Wildman–Crippen LogP) is 4.09. The van der Waals surface area contributed by atoms with E-state index in [2.05, 4.69) is 70.7 Å². The number of nitrogens with zero attached hydrogens (tertiary/aromatic N) is 1. The number of aryl methyl sites for hydroxylation is 6. The topological polar surface area (TPSA) is 12.5 Å². The Hall–Kier alpha value is -1.42. The third-order valence-corrected chi connectivity index (χ3v) is 12.7. The van der Waals surface area contributed by atoms with Crippen LogP contribution in [0.2, 0.25) is 6.04 Å². The van der Waals surface area contributed by atoms with Gasteiger partial charge in [-0.15, -0.1) is 0 Å². The first-order valence-electron chi connectivity index (χ1n) is 11.4. The Morgan fingerprint density at radius 2 is 1.34 bits per heavy atom. The van der Waals surface area contributed by atoms with Gasteiger partial charge in [0.2, 0.25) is 0 Å². The minimum atomic E-state index is -2.29. The maximum Gasteiger partial charge on any atom is 0.257 e. The van der Waals surface area contributed by atoms with Crippen LogP contribution >= 0.6 is 0 Å². The second kappa shape index (κ2) is 6.80. The van der Waals surface area contributed by atoms with Crippen molar-refractivity contribution in [1.29, 1.82) is 0 Å². The molecule has 2 nitrogen and oxygen atoms in total. The summed E-state index contributed by atoms with van der Waals surface area (Å²) in [6.45, 7) is 16.3. The van der Waals surface area contributed by atoms with Crippen LogP contribution in [0.4, 0.5) is 0 Å². The van der Waals surface area contributed by atoms with Crippen molar-refractivity contribution in [3.63, 3.8) is 0 Å². The lowest BCUT2D eigenvalue weighted by molar-refractivity contribution is 0.160. The van der Waals surface area contributed by atoms with Crippen LogP contribution < -0.4 is 10.4 Å². The number of hydrogen-bond donors (Lipinski definition) is 0. The molecule has 0 aromatic heterocycles.